The van der Waals surface area contributed by atoms with E-state index in [-0.39, 0.29) is 0 Å². The first-order valence-corrected chi connectivity index (χ1v) is 23.6. The third-order valence-electron chi connectivity index (χ3n) is 5.12. The summed E-state index contributed by atoms with van der Waals surface area (Å²) in [6.45, 7) is 2.17. The summed E-state index contributed by atoms with van der Waals surface area (Å²) < 4.78 is 0. The Labute approximate surface area is 275 Å². The van der Waals surface area contributed by atoms with Gasteiger partial charge in [-0.2, -0.15) is 0 Å². The highest BCUT2D eigenvalue weighted by Crippen LogP contribution is 2.27. The molecule has 0 aliphatic carbocycles. The Morgan fingerprint density at radius 3 is 0.405 bits per heavy atom. The van der Waals surface area contributed by atoms with Crippen LogP contribution in [0.1, 0.15) is 176 Å². The van der Waals surface area contributed by atoms with Gasteiger partial charge in [-0.15, -0.1) is 0 Å². The van der Waals surface area contributed by atoms with E-state index < -0.39 is 20.2 Å². The highest BCUT2D eigenvalue weighted by molar-refractivity contribution is 8.06. The molecule has 0 atom stereocenters. The Balaban J connectivity index is -0.0000000946. The van der Waals surface area contributed by atoms with Gasteiger partial charge in [0.2, 0.25) is 0 Å². The predicted octanol–water partition coefficient (Wildman–Crippen LogP) is 8.83. The molecule has 0 saturated carbocycles. The van der Waals surface area contributed by atoms with Crippen molar-refractivity contribution >= 4 is 55.6 Å². The molecule has 0 amide bonds. The Morgan fingerprint density at radius 2 is 0.333 bits per heavy atom. The standard InChI is InChI=1S/3C9H20.3H3O3PS/c3*1-3-5-7-9-8-6-4-2;3*1-4(2,3)5/h3*3-9H2,1-2H3;3*(H3,1,2,3,5). The lowest BCUT2D eigenvalue weighted by Gasteiger charge is -1.96. The molecular weight excluding hydrogens is 657 g/mol. The van der Waals surface area contributed by atoms with Gasteiger partial charge in [-0.3, -0.25) is 0 Å². The molecule has 15 heteroatoms. The van der Waals surface area contributed by atoms with Crippen molar-refractivity contribution in [2.24, 2.45) is 0 Å². The van der Waals surface area contributed by atoms with Crippen LogP contribution in [0.15, 0.2) is 0 Å². The molecule has 0 aliphatic rings. The average molecular weight is 727 g/mol. The van der Waals surface area contributed by atoms with Crippen molar-refractivity contribution < 1.29 is 44.0 Å². The summed E-state index contributed by atoms with van der Waals surface area (Å²) in [6, 6.07) is 0. The van der Waals surface area contributed by atoms with Crippen LogP contribution in [0, 0.1) is 0 Å². The maximum Gasteiger partial charge on any atom is 0.319 e. The van der Waals surface area contributed by atoms with Gasteiger partial charge in [-0.1, -0.05) is 176 Å². The van der Waals surface area contributed by atoms with Crippen molar-refractivity contribution in [3.05, 3.63) is 0 Å². The Morgan fingerprint density at radius 1 is 0.262 bits per heavy atom. The SMILES string of the molecule is CCCCCCCCC.CCCCCCCCC.CCCCCCCCC.OP(O)(O)=S.OP(O)(O)=S.OP(O)(O)=S. The molecule has 42 heavy (non-hydrogen) atoms. The third kappa shape index (κ3) is 179. The smallest absolute Gasteiger partial charge is 0.319 e. The van der Waals surface area contributed by atoms with Gasteiger partial charge in [0, 0.05) is 0 Å². The van der Waals surface area contributed by atoms with Gasteiger partial charge in [0.15, 0.2) is 0 Å². The Kier molecular flexibility index (Phi) is 59.6. The zero-order chi connectivity index (χ0) is 34.3. The average Bonchev–Trinajstić information content (AvgIpc) is 2.82. The molecule has 0 aromatic heterocycles. The van der Waals surface area contributed by atoms with Crippen LogP contribution in [0.25, 0.3) is 0 Å². The van der Waals surface area contributed by atoms with Crippen LogP contribution >= 0.6 is 20.2 Å². The highest BCUT2D eigenvalue weighted by Gasteiger charge is 1.93. The lowest BCUT2D eigenvalue weighted by atomic mass is 10.1. The molecule has 0 aromatic carbocycles. The number of hydrogen-bond acceptors (Lipinski definition) is 3. The van der Waals surface area contributed by atoms with Gasteiger partial charge >= 0.3 is 20.2 Å². The van der Waals surface area contributed by atoms with Crippen LogP contribution in [0.3, 0.4) is 0 Å². The third-order valence-corrected chi connectivity index (χ3v) is 5.12. The molecule has 0 unspecified atom stereocenters. The maximum atomic E-state index is 7.56. The minimum atomic E-state index is -3.81. The number of rotatable bonds is 18. The summed E-state index contributed by atoms with van der Waals surface area (Å²) in [5.74, 6) is 0. The zero-order valence-electron chi connectivity index (χ0n) is 27.4. The van der Waals surface area contributed by atoms with Crippen LogP contribution in [0.2, 0.25) is 0 Å². The Bertz CT molecular complexity index is 479. The van der Waals surface area contributed by atoms with Crippen LogP contribution < -0.4 is 0 Å². The summed E-state index contributed by atoms with van der Waals surface area (Å²) in [7, 11) is 0. The van der Waals surface area contributed by atoms with Gasteiger partial charge in [-0.05, 0) is 35.4 Å². The molecule has 9 nitrogen and oxygen atoms in total. The van der Waals surface area contributed by atoms with E-state index in [4.69, 9.17) is 44.0 Å². The molecular formula is C27H69O9P3S3. The van der Waals surface area contributed by atoms with E-state index in [0.29, 0.717) is 0 Å². The Hall–Kier alpha value is 1.59. The lowest BCUT2D eigenvalue weighted by molar-refractivity contribution is 0.361. The summed E-state index contributed by atoms with van der Waals surface area (Å²) in [5.41, 5.74) is 0. The molecule has 9 N–H and O–H groups in total. The molecule has 0 saturated heterocycles. The number of hydrogen-bond donors (Lipinski definition) is 9. The van der Waals surface area contributed by atoms with Crippen LogP contribution in [0.5, 0.6) is 0 Å². The van der Waals surface area contributed by atoms with Crippen LogP contribution in [-0.4, -0.2) is 44.0 Å². The van der Waals surface area contributed by atoms with E-state index in [2.05, 4.69) is 77.0 Å². The minimum Gasteiger partial charge on any atom is -0.325 e. The van der Waals surface area contributed by atoms with Gasteiger partial charge in [0.05, 0.1) is 0 Å². The fourth-order valence-corrected chi connectivity index (χ4v) is 3.09. The molecule has 0 aliphatic heterocycles. The fraction of sp³-hybridized carbons (Fsp3) is 1.00. The first kappa shape index (κ1) is 56.0. The predicted molar refractivity (Wildman–Crippen MR) is 194 cm³/mol. The summed E-state index contributed by atoms with van der Waals surface area (Å²) in [5, 5.41) is 0. The summed E-state index contributed by atoms with van der Waals surface area (Å²) >= 11 is 10.8. The normalized spacial score (nSPS) is 10.6. The molecule has 0 rings (SSSR count). The monoisotopic (exact) mass is 726 g/mol. The first-order valence-electron chi connectivity index (χ1n) is 15.6. The van der Waals surface area contributed by atoms with E-state index in [1.54, 1.807) is 0 Å². The topological polar surface area (TPSA) is 182 Å². The van der Waals surface area contributed by atoms with E-state index >= 15 is 0 Å². The van der Waals surface area contributed by atoms with E-state index in [0.717, 1.165) is 0 Å². The van der Waals surface area contributed by atoms with E-state index in [1.165, 1.54) is 135 Å². The van der Waals surface area contributed by atoms with Crippen molar-refractivity contribution in [2.75, 3.05) is 0 Å². The second-order valence-corrected chi connectivity index (χ2v) is 17.3. The molecule has 0 heterocycles. The molecule has 0 fully saturated rings. The molecule has 264 valence electrons. The second-order valence-electron chi connectivity index (χ2n) is 9.84. The quantitative estimate of drug-likeness (QED) is 0.0484. The first-order chi connectivity index (χ1) is 19.2. The molecule has 0 spiro atoms. The largest absolute Gasteiger partial charge is 0.325 e. The highest BCUT2D eigenvalue weighted by atomic mass is 32.5. The fourth-order valence-electron chi connectivity index (χ4n) is 3.09. The number of unbranched alkanes of at least 4 members (excludes halogenated alkanes) is 18. The maximum absolute atomic E-state index is 7.56. The molecule has 0 radical (unpaired) electrons. The van der Waals surface area contributed by atoms with Crippen molar-refractivity contribution in [3.63, 3.8) is 0 Å². The van der Waals surface area contributed by atoms with Crippen molar-refractivity contribution in [1.29, 1.82) is 0 Å². The zero-order valence-corrected chi connectivity index (χ0v) is 32.6. The van der Waals surface area contributed by atoms with Gasteiger partial charge in [-0.25, -0.2) is 0 Å². The van der Waals surface area contributed by atoms with E-state index in [1.807, 2.05) is 0 Å². The van der Waals surface area contributed by atoms with Crippen LogP contribution in [-0.2, 0) is 35.4 Å². The van der Waals surface area contributed by atoms with E-state index in [9.17, 15) is 0 Å². The second kappa shape index (κ2) is 44.7. The van der Waals surface area contributed by atoms with Crippen molar-refractivity contribution in [2.45, 2.75) is 176 Å². The van der Waals surface area contributed by atoms with Gasteiger partial charge in [0.1, 0.15) is 0 Å². The molecule has 0 bridgehead atoms. The van der Waals surface area contributed by atoms with Crippen LogP contribution in [0.4, 0.5) is 0 Å². The van der Waals surface area contributed by atoms with Gasteiger partial charge < -0.3 is 44.0 Å². The lowest BCUT2D eigenvalue weighted by Crippen LogP contribution is -1.76. The molecule has 0 aromatic rings. The van der Waals surface area contributed by atoms with Crippen molar-refractivity contribution in [3.8, 4) is 0 Å². The summed E-state index contributed by atoms with van der Waals surface area (Å²) in [4.78, 5) is 68.0. The minimum absolute atomic E-state index is 1.37. The van der Waals surface area contributed by atoms with Crippen molar-refractivity contribution in [1.82, 2.24) is 0 Å². The van der Waals surface area contributed by atoms with Gasteiger partial charge in [0.25, 0.3) is 0 Å². The summed E-state index contributed by atoms with van der Waals surface area (Å²) in [6.07, 6.45) is 29.9.